The second kappa shape index (κ2) is 7.45. The van der Waals surface area contributed by atoms with E-state index < -0.39 is 0 Å². The van der Waals surface area contributed by atoms with E-state index in [9.17, 15) is 9.18 Å². The number of halogens is 2. The lowest BCUT2D eigenvalue weighted by Crippen LogP contribution is -2.48. The average molecular weight is 385 g/mol. The van der Waals surface area contributed by atoms with Crippen molar-refractivity contribution in [2.45, 2.75) is 0 Å². The molecule has 1 aliphatic rings. The lowest BCUT2D eigenvalue weighted by Gasteiger charge is -2.35. The van der Waals surface area contributed by atoms with Crippen LogP contribution in [0.3, 0.4) is 0 Å². The fourth-order valence-electron chi connectivity index (χ4n) is 3.23. The molecule has 0 aliphatic carbocycles. The molecule has 1 aliphatic heterocycles. The molecule has 4 rings (SSSR count). The molecule has 2 heterocycles. The Morgan fingerprint density at radius 2 is 1.63 bits per heavy atom. The highest BCUT2D eigenvalue weighted by Crippen LogP contribution is 2.29. The number of rotatable bonds is 3. The summed E-state index contributed by atoms with van der Waals surface area (Å²) in [5, 5.41) is 0.582. The van der Waals surface area contributed by atoms with E-state index in [1.54, 1.807) is 35.2 Å². The van der Waals surface area contributed by atoms with Gasteiger partial charge in [0.1, 0.15) is 11.6 Å². The zero-order valence-corrected chi connectivity index (χ0v) is 15.3. The standard InChI is InChI=1S/C21H18ClFN2O2/c22-18-4-2-1-3-17(18)19-9-10-20(27-19)21(26)25-13-11-24(12-14-25)16-7-5-15(23)6-8-16/h1-10H,11-14H2. The molecule has 0 spiro atoms. The molecule has 6 heteroatoms. The highest BCUT2D eigenvalue weighted by Gasteiger charge is 2.24. The Morgan fingerprint density at radius 3 is 2.33 bits per heavy atom. The van der Waals surface area contributed by atoms with Crippen molar-refractivity contribution >= 4 is 23.2 Å². The van der Waals surface area contributed by atoms with Crippen molar-refractivity contribution < 1.29 is 13.6 Å². The van der Waals surface area contributed by atoms with Crippen molar-refractivity contribution in [1.29, 1.82) is 0 Å². The minimum absolute atomic E-state index is 0.132. The van der Waals surface area contributed by atoms with Crippen molar-refractivity contribution in [3.8, 4) is 11.3 Å². The van der Waals surface area contributed by atoms with Gasteiger partial charge in [0.2, 0.25) is 0 Å². The lowest BCUT2D eigenvalue weighted by molar-refractivity contribution is 0.0715. The molecule has 0 atom stereocenters. The number of hydrogen-bond acceptors (Lipinski definition) is 3. The van der Waals surface area contributed by atoms with Crippen molar-refractivity contribution in [2.75, 3.05) is 31.1 Å². The molecule has 1 saturated heterocycles. The van der Waals surface area contributed by atoms with Crippen LogP contribution in [-0.2, 0) is 0 Å². The van der Waals surface area contributed by atoms with E-state index >= 15 is 0 Å². The van der Waals surface area contributed by atoms with Gasteiger partial charge in [-0.25, -0.2) is 4.39 Å². The van der Waals surface area contributed by atoms with E-state index in [2.05, 4.69) is 4.90 Å². The Kier molecular flexibility index (Phi) is 4.86. The van der Waals surface area contributed by atoms with Crippen molar-refractivity contribution in [3.05, 3.63) is 77.3 Å². The van der Waals surface area contributed by atoms with Crippen LogP contribution in [0, 0.1) is 5.82 Å². The third-order valence-corrected chi connectivity index (χ3v) is 5.04. The number of carbonyl (C=O) groups is 1. The molecule has 0 radical (unpaired) electrons. The van der Waals surface area contributed by atoms with Crippen LogP contribution in [0.15, 0.2) is 65.1 Å². The quantitative estimate of drug-likeness (QED) is 0.656. The van der Waals surface area contributed by atoms with Gasteiger partial charge in [0.05, 0.1) is 5.02 Å². The Labute approximate surface area is 161 Å². The molecule has 3 aromatic rings. The number of hydrogen-bond donors (Lipinski definition) is 0. The fraction of sp³-hybridized carbons (Fsp3) is 0.190. The number of benzene rings is 2. The third kappa shape index (κ3) is 3.69. The molecule has 0 unspecified atom stereocenters. The number of piperazine rings is 1. The minimum Gasteiger partial charge on any atom is -0.451 e. The third-order valence-electron chi connectivity index (χ3n) is 4.71. The second-order valence-electron chi connectivity index (χ2n) is 6.40. The van der Waals surface area contributed by atoms with Crippen molar-refractivity contribution in [1.82, 2.24) is 4.90 Å². The molecule has 1 fully saturated rings. The highest BCUT2D eigenvalue weighted by molar-refractivity contribution is 6.33. The molecule has 4 nitrogen and oxygen atoms in total. The molecule has 138 valence electrons. The van der Waals surface area contributed by atoms with E-state index in [-0.39, 0.29) is 11.7 Å². The predicted octanol–water partition coefficient (Wildman–Crippen LogP) is 4.70. The number of anilines is 1. The van der Waals surface area contributed by atoms with Crippen LogP contribution < -0.4 is 4.90 Å². The highest BCUT2D eigenvalue weighted by atomic mass is 35.5. The van der Waals surface area contributed by atoms with Crippen LogP contribution in [0.25, 0.3) is 11.3 Å². The maximum atomic E-state index is 13.1. The maximum absolute atomic E-state index is 13.1. The minimum atomic E-state index is -0.250. The summed E-state index contributed by atoms with van der Waals surface area (Å²) >= 11 is 6.20. The van der Waals surface area contributed by atoms with Gasteiger partial charge in [-0.2, -0.15) is 0 Å². The zero-order valence-electron chi connectivity index (χ0n) is 14.6. The Morgan fingerprint density at radius 1 is 0.926 bits per heavy atom. The predicted molar refractivity (Wildman–Crippen MR) is 104 cm³/mol. The summed E-state index contributed by atoms with van der Waals surface area (Å²) in [7, 11) is 0. The molecule has 0 N–H and O–H groups in total. The summed E-state index contributed by atoms with van der Waals surface area (Å²) in [6, 6.07) is 17.2. The SMILES string of the molecule is O=C(c1ccc(-c2ccccc2Cl)o1)N1CCN(c2ccc(F)cc2)CC1. The molecule has 0 bridgehead atoms. The monoisotopic (exact) mass is 384 g/mol. The van der Waals surface area contributed by atoms with Crippen LogP contribution in [0.5, 0.6) is 0 Å². The van der Waals surface area contributed by atoms with Crippen LogP contribution in [0.1, 0.15) is 10.6 Å². The molecule has 1 aromatic heterocycles. The summed E-state index contributed by atoms with van der Waals surface area (Å²) in [6.07, 6.45) is 0. The Balaban J connectivity index is 1.43. The van der Waals surface area contributed by atoms with Gasteiger partial charge in [-0.3, -0.25) is 4.79 Å². The fourth-order valence-corrected chi connectivity index (χ4v) is 3.46. The number of furan rings is 1. The summed E-state index contributed by atoms with van der Waals surface area (Å²) in [4.78, 5) is 16.7. The molecule has 0 saturated carbocycles. The van der Waals surface area contributed by atoms with Gasteiger partial charge < -0.3 is 14.2 Å². The maximum Gasteiger partial charge on any atom is 0.289 e. The Hall–Kier alpha value is -2.79. The van der Waals surface area contributed by atoms with Gasteiger partial charge in [-0.05, 0) is 48.5 Å². The van der Waals surface area contributed by atoms with Gasteiger partial charge in [-0.1, -0.05) is 23.7 Å². The van der Waals surface area contributed by atoms with Crippen LogP contribution in [0.4, 0.5) is 10.1 Å². The molecule has 1 amide bonds. The molecular formula is C21H18ClFN2O2. The first-order valence-electron chi connectivity index (χ1n) is 8.76. The van der Waals surface area contributed by atoms with Crippen LogP contribution in [-0.4, -0.2) is 37.0 Å². The van der Waals surface area contributed by atoms with Crippen molar-refractivity contribution in [3.63, 3.8) is 0 Å². The first kappa shape index (κ1) is 17.6. The average Bonchev–Trinajstić information content (AvgIpc) is 3.18. The first-order chi connectivity index (χ1) is 13.1. The summed E-state index contributed by atoms with van der Waals surface area (Å²) in [6.45, 7) is 2.54. The van der Waals surface area contributed by atoms with Gasteiger partial charge in [-0.15, -0.1) is 0 Å². The second-order valence-corrected chi connectivity index (χ2v) is 6.81. The van der Waals surface area contributed by atoms with E-state index in [0.29, 0.717) is 42.7 Å². The van der Waals surface area contributed by atoms with Gasteiger partial charge in [0, 0.05) is 37.4 Å². The molecule has 27 heavy (non-hydrogen) atoms. The van der Waals surface area contributed by atoms with Crippen LogP contribution in [0.2, 0.25) is 5.02 Å². The lowest BCUT2D eigenvalue weighted by atomic mass is 10.2. The van der Waals surface area contributed by atoms with E-state index in [0.717, 1.165) is 11.3 Å². The Bertz CT molecular complexity index is 947. The summed E-state index contributed by atoms with van der Waals surface area (Å²) in [5.41, 5.74) is 1.72. The summed E-state index contributed by atoms with van der Waals surface area (Å²) in [5.74, 6) is 0.501. The number of carbonyl (C=O) groups excluding carboxylic acids is 1. The van der Waals surface area contributed by atoms with E-state index in [4.69, 9.17) is 16.0 Å². The number of amides is 1. The van der Waals surface area contributed by atoms with Crippen molar-refractivity contribution in [2.24, 2.45) is 0 Å². The molecule has 2 aromatic carbocycles. The topological polar surface area (TPSA) is 36.7 Å². The van der Waals surface area contributed by atoms with E-state index in [1.165, 1.54) is 12.1 Å². The largest absolute Gasteiger partial charge is 0.451 e. The van der Waals surface area contributed by atoms with Gasteiger partial charge >= 0.3 is 0 Å². The first-order valence-corrected chi connectivity index (χ1v) is 9.14. The zero-order chi connectivity index (χ0) is 18.8. The molecular weight excluding hydrogens is 367 g/mol. The van der Waals surface area contributed by atoms with Gasteiger partial charge in [0.15, 0.2) is 5.76 Å². The van der Waals surface area contributed by atoms with Crippen LogP contribution >= 0.6 is 11.6 Å². The van der Waals surface area contributed by atoms with E-state index in [1.807, 2.05) is 18.2 Å². The van der Waals surface area contributed by atoms with Gasteiger partial charge in [0.25, 0.3) is 5.91 Å². The number of nitrogens with zero attached hydrogens (tertiary/aromatic N) is 2. The smallest absolute Gasteiger partial charge is 0.289 e. The summed E-state index contributed by atoms with van der Waals surface area (Å²) < 4.78 is 18.8. The normalized spacial score (nSPS) is 14.4.